The normalized spacial score (nSPS) is 14.4. The number of Topliss-reactive ketones (excluding diaryl/α,β-unsaturated/α-hetero) is 1. The van der Waals surface area contributed by atoms with E-state index in [0.29, 0.717) is 16.8 Å². The van der Waals surface area contributed by atoms with Crippen LogP contribution in [0, 0.1) is 5.82 Å². The lowest BCUT2D eigenvalue weighted by atomic mass is 9.92. The monoisotopic (exact) mass is 478 g/mol. The van der Waals surface area contributed by atoms with Gasteiger partial charge in [-0.3, -0.25) is 4.79 Å². The van der Waals surface area contributed by atoms with Gasteiger partial charge in [-0.25, -0.2) is 9.18 Å². The van der Waals surface area contributed by atoms with Crippen LogP contribution >= 0.6 is 0 Å². The zero-order valence-electron chi connectivity index (χ0n) is 18.0. The number of sulfonamides is 1. The lowest BCUT2D eigenvalue weighted by Crippen LogP contribution is -2.22. The van der Waals surface area contributed by atoms with E-state index in [-0.39, 0.29) is 34.3 Å². The molecule has 0 amide bonds. The smallest absolute Gasteiger partial charge is 0.338 e. The zero-order chi connectivity index (χ0) is 24.3. The maximum Gasteiger partial charge on any atom is 0.338 e. The number of rotatable bonds is 6. The summed E-state index contributed by atoms with van der Waals surface area (Å²) < 4.78 is 47.8. The molecule has 3 aromatic rings. The second-order valence-corrected chi connectivity index (χ2v) is 8.87. The summed E-state index contributed by atoms with van der Waals surface area (Å²) >= 11 is 0. The molecule has 3 aromatic carbocycles. The number of ether oxygens (including phenoxy) is 1. The molecular weight excluding hydrogens is 459 g/mol. The van der Waals surface area contributed by atoms with Crippen molar-refractivity contribution in [3.8, 4) is 0 Å². The average Bonchev–Trinajstić information content (AvgIpc) is 2.83. The zero-order valence-corrected chi connectivity index (χ0v) is 18.8. The van der Waals surface area contributed by atoms with Crippen LogP contribution in [-0.4, -0.2) is 32.5 Å². The molecule has 7 nitrogen and oxygen atoms in total. The number of fused-ring (bicyclic) bond motifs is 1. The van der Waals surface area contributed by atoms with Gasteiger partial charge in [-0.2, -0.15) is 12.8 Å². The largest absolute Gasteiger partial charge is 0.462 e. The molecule has 0 spiro atoms. The van der Waals surface area contributed by atoms with Gasteiger partial charge in [-0.1, -0.05) is 24.3 Å². The number of hydrogen-bond donors (Lipinski definition) is 1. The molecule has 0 fully saturated rings. The number of nitrogens with zero attached hydrogens (tertiary/aromatic N) is 1. The first-order chi connectivity index (χ1) is 16.3. The summed E-state index contributed by atoms with van der Waals surface area (Å²) in [6.07, 6.45) is 1.35. The predicted octanol–water partition coefficient (Wildman–Crippen LogP) is 4.37. The molecule has 0 aromatic heterocycles. The molecule has 1 N–H and O–H groups in total. The van der Waals surface area contributed by atoms with E-state index in [0.717, 1.165) is 24.3 Å². The van der Waals surface area contributed by atoms with Gasteiger partial charge in [-0.15, -0.1) is 0 Å². The molecule has 1 aliphatic carbocycles. The average molecular weight is 479 g/mol. The topological polar surface area (TPSA) is 102 Å². The van der Waals surface area contributed by atoms with Gasteiger partial charge in [0.15, 0.2) is 0 Å². The maximum atomic E-state index is 13.2. The van der Waals surface area contributed by atoms with Crippen molar-refractivity contribution in [3.63, 3.8) is 0 Å². The Morgan fingerprint density at radius 2 is 1.62 bits per heavy atom. The van der Waals surface area contributed by atoms with E-state index < -0.39 is 21.8 Å². The summed E-state index contributed by atoms with van der Waals surface area (Å²) in [7, 11) is -4.17. The lowest BCUT2D eigenvalue weighted by molar-refractivity contribution is 0.0526. The number of anilines is 1. The summed E-state index contributed by atoms with van der Waals surface area (Å²) in [5.74, 6) is -1.37. The number of carbonyl (C=O) groups excluding carboxylic acids is 2. The maximum absolute atomic E-state index is 13.2. The molecule has 0 bridgehead atoms. The van der Waals surface area contributed by atoms with Gasteiger partial charge in [0.25, 0.3) is 10.0 Å². The minimum Gasteiger partial charge on any atom is -0.462 e. The van der Waals surface area contributed by atoms with Gasteiger partial charge < -0.3 is 10.1 Å². The lowest BCUT2D eigenvalue weighted by Gasteiger charge is -2.19. The van der Waals surface area contributed by atoms with Crippen molar-refractivity contribution in [2.75, 3.05) is 11.9 Å². The third kappa shape index (κ3) is 4.79. The summed E-state index contributed by atoms with van der Waals surface area (Å²) in [6.45, 7) is 1.96. The molecule has 34 heavy (non-hydrogen) atoms. The Morgan fingerprint density at radius 1 is 0.971 bits per heavy atom. The molecule has 0 saturated heterocycles. The van der Waals surface area contributed by atoms with Crippen LogP contribution in [0.2, 0.25) is 0 Å². The van der Waals surface area contributed by atoms with Gasteiger partial charge in [0.2, 0.25) is 5.78 Å². The van der Waals surface area contributed by atoms with Gasteiger partial charge in [0, 0.05) is 16.8 Å². The van der Waals surface area contributed by atoms with Crippen LogP contribution in [-0.2, 0) is 14.8 Å². The van der Waals surface area contributed by atoms with Crippen molar-refractivity contribution in [2.24, 2.45) is 4.40 Å². The van der Waals surface area contributed by atoms with Crippen molar-refractivity contribution < 1.29 is 27.1 Å². The number of halogens is 1. The highest BCUT2D eigenvalue weighted by molar-refractivity contribution is 7.90. The predicted molar refractivity (Wildman–Crippen MR) is 125 cm³/mol. The Morgan fingerprint density at radius 3 is 2.26 bits per heavy atom. The first-order valence-corrected chi connectivity index (χ1v) is 11.7. The van der Waals surface area contributed by atoms with Crippen molar-refractivity contribution >= 4 is 33.2 Å². The molecule has 0 atom stereocenters. The quantitative estimate of drug-likeness (QED) is 0.528. The van der Waals surface area contributed by atoms with E-state index in [2.05, 4.69) is 9.71 Å². The molecular formula is C25H19FN2O5S. The van der Waals surface area contributed by atoms with E-state index in [9.17, 15) is 22.4 Å². The fraction of sp³-hybridized carbons (Fsp3) is 0.0800. The molecule has 4 rings (SSSR count). The Hall–Kier alpha value is -4.11. The van der Waals surface area contributed by atoms with Gasteiger partial charge >= 0.3 is 5.97 Å². The molecule has 0 heterocycles. The number of esters is 1. The van der Waals surface area contributed by atoms with Gasteiger partial charge in [-0.05, 0) is 61.5 Å². The molecule has 0 aliphatic heterocycles. The SMILES string of the molecule is CCOC(=O)c1ccc(NC2=C/C(=N/S(=O)(=O)c3ccc(F)cc3)c3ccccc3C2=O)cc1. The van der Waals surface area contributed by atoms with Crippen LogP contribution in [0.1, 0.15) is 33.2 Å². The van der Waals surface area contributed by atoms with Crippen molar-refractivity contribution in [1.82, 2.24) is 0 Å². The fourth-order valence-electron chi connectivity index (χ4n) is 3.35. The van der Waals surface area contributed by atoms with E-state index >= 15 is 0 Å². The fourth-order valence-corrected chi connectivity index (χ4v) is 4.34. The number of nitrogens with one attached hydrogen (secondary N) is 1. The van der Waals surface area contributed by atoms with Crippen molar-refractivity contribution in [2.45, 2.75) is 11.8 Å². The highest BCUT2D eigenvalue weighted by Gasteiger charge is 2.26. The van der Waals surface area contributed by atoms with Crippen LogP contribution in [0.5, 0.6) is 0 Å². The first kappa shape index (κ1) is 23.1. The molecule has 172 valence electrons. The number of carbonyl (C=O) groups is 2. The summed E-state index contributed by atoms with van der Waals surface area (Å²) in [5.41, 5.74) is 1.67. The van der Waals surface area contributed by atoms with Crippen molar-refractivity contribution in [3.05, 3.63) is 107 Å². The third-order valence-electron chi connectivity index (χ3n) is 4.98. The van der Waals surface area contributed by atoms with E-state index in [1.165, 1.54) is 6.08 Å². The number of allylic oxidation sites excluding steroid dienone is 2. The van der Waals surface area contributed by atoms with E-state index in [1.807, 2.05) is 0 Å². The standard InChI is InChI=1S/C25H19FN2O5S/c1-2-33-25(30)16-7-11-18(12-8-16)27-23-15-22(20-5-3-4-6-21(20)24(23)29)28-34(31,32)19-13-9-17(26)10-14-19/h3-15,27H,2H2,1H3/b28-22-. The van der Waals surface area contributed by atoms with E-state index in [4.69, 9.17) is 4.74 Å². The first-order valence-electron chi connectivity index (χ1n) is 10.3. The minimum absolute atomic E-state index is 0.0603. The molecule has 0 unspecified atom stereocenters. The Kier molecular flexibility index (Phi) is 6.38. The second-order valence-electron chi connectivity index (χ2n) is 7.26. The molecule has 9 heteroatoms. The Bertz CT molecular complexity index is 1430. The van der Waals surface area contributed by atoms with E-state index in [1.54, 1.807) is 55.5 Å². The van der Waals surface area contributed by atoms with Gasteiger partial charge in [0.05, 0.1) is 28.5 Å². The van der Waals surface area contributed by atoms with Crippen molar-refractivity contribution in [1.29, 1.82) is 0 Å². The highest BCUT2D eigenvalue weighted by atomic mass is 32.2. The van der Waals surface area contributed by atoms with Crippen LogP contribution in [0.15, 0.2) is 93.9 Å². The number of ketones is 1. The Labute approximate surface area is 195 Å². The Balaban J connectivity index is 1.71. The molecule has 0 saturated carbocycles. The molecule has 1 aliphatic rings. The number of hydrogen-bond acceptors (Lipinski definition) is 6. The van der Waals surface area contributed by atoms with Crippen LogP contribution < -0.4 is 5.32 Å². The second kappa shape index (κ2) is 9.40. The summed E-state index contributed by atoms with van der Waals surface area (Å²) in [5, 5.41) is 2.97. The summed E-state index contributed by atoms with van der Waals surface area (Å²) in [6, 6.07) is 17.2. The van der Waals surface area contributed by atoms with Crippen LogP contribution in [0.4, 0.5) is 10.1 Å². The summed E-state index contributed by atoms with van der Waals surface area (Å²) in [4.78, 5) is 24.7. The minimum atomic E-state index is -4.17. The van der Waals surface area contributed by atoms with Crippen LogP contribution in [0.3, 0.4) is 0 Å². The highest BCUT2D eigenvalue weighted by Crippen LogP contribution is 2.25. The van der Waals surface area contributed by atoms with Crippen LogP contribution in [0.25, 0.3) is 0 Å². The number of benzene rings is 3. The third-order valence-corrected chi connectivity index (χ3v) is 6.28. The molecule has 0 radical (unpaired) electrons. The van der Waals surface area contributed by atoms with Gasteiger partial charge in [0.1, 0.15) is 5.82 Å².